The molecule has 2 fully saturated rings. The Morgan fingerprint density at radius 3 is 2.71 bits per heavy atom. The summed E-state index contributed by atoms with van der Waals surface area (Å²) < 4.78 is 0. The molecule has 0 spiro atoms. The molecule has 3 heteroatoms. The Hall–Kier alpha value is -0.570. The molecule has 1 aliphatic heterocycles. The van der Waals surface area contributed by atoms with Crippen LogP contribution in [0, 0.1) is 5.92 Å². The van der Waals surface area contributed by atoms with Gasteiger partial charge in [0.05, 0.1) is 0 Å². The van der Waals surface area contributed by atoms with Crippen LogP contribution in [0.5, 0.6) is 0 Å². The molecule has 0 bridgehead atoms. The molecule has 0 radical (unpaired) electrons. The fourth-order valence-electron chi connectivity index (χ4n) is 4.12. The van der Waals surface area contributed by atoms with Crippen LogP contribution in [-0.4, -0.2) is 30.6 Å². The summed E-state index contributed by atoms with van der Waals surface area (Å²) in [6.45, 7) is 3.45. The molecule has 21 heavy (non-hydrogen) atoms. The van der Waals surface area contributed by atoms with Crippen LogP contribution < -0.4 is 5.73 Å². The van der Waals surface area contributed by atoms with Crippen molar-refractivity contribution in [2.24, 2.45) is 11.7 Å². The van der Waals surface area contributed by atoms with E-state index in [9.17, 15) is 0 Å². The summed E-state index contributed by atoms with van der Waals surface area (Å²) in [7, 11) is 0. The fourth-order valence-corrected chi connectivity index (χ4v) is 4.32. The Labute approximate surface area is 133 Å². The topological polar surface area (TPSA) is 29.3 Å². The molecule has 2 aliphatic rings. The molecule has 3 rings (SSSR count). The van der Waals surface area contributed by atoms with Crippen molar-refractivity contribution in [1.29, 1.82) is 0 Å². The fraction of sp³-hybridized carbons (Fsp3) is 0.667. The maximum Gasteiger partial charge on any atom is 0.0408 e. The average Bonchev–Trinajstić information content (AvgIpc) is 2.48. The molecule has 2 atom stereocenters. The highest BCUT2D eigenvalue weighted by atomic mass is 35.5. The number of rotatable bonds is 3. The van der Waals surface area contributed by atoms with E-state index in [-0.39, 0.29) is 0 Å². The van der Waals surface area contributed by atoms with Crippen molar-refractivity contribution < 1.29 is 0 Å². The number of nitrogens with zero attached hydrogens (tertiary/aromatic N) is 1. The van der Waals surface area contributed by atoms with Crippen LogP contribution in [-0.2, 0) is 0 Å². The number of halogens is 1. The summed E-state index contributed by atoms with van der Waals surface area (Å²) in [5.74, 6) is 1.43. The summed E-state index contributed by atoms with van der Waals surface area (Å²) >= 11 is 6.15. The molecule has 2 unspecified atom stereocenters. The van der Waals surface area contributed by atoms with Crippen LogP contribution in [0.15, 0.2) is 24.3 Å². The summed E-state index contributed by atoms with van der Waals surface area (Å²) in [6, 6.07) is 8.62. The molecule has 1 aromatic carbocycles. The van der Waals surface area contributed by atoms with E-state index in [4.69, 9.17) is 17.3 Å². The van der Waals surface area contributed by atoms with Crippen LogP contribution in [0.2, 0.25) is 5.02 Å². The second-order valence-electron chi connectivity index (χ2n) is 6.97. The molecule has 2 N–H and O–H groups in total. The van der Waals surface area contributed by atoms with Crippen molar-refractivity contribution in [3.63, 3.8) is 0 Å². The molecule has 0 aromatic heterocycles. The second-order valence-corrected chi connectivity index (χ2v) is 7.41. The third kappa shape index (κ3) is 4.21. The SMILES string of the molecule is NC1CC(c2cccc(Cl)c2)CN(CC2CCCCC2)C1. The van der Waals surface area contributed by atoms with Gasteiger partial charge in [0, 0.05) is 30.7 Å². The Morgan fingerprint density at radius 1 is 1.14 bits per heavy atom. The highest BCUT2D eigenvalue weighted by Crippen LogP contribution is 2.30. The first-order valence-corrected chi connectivity index (χ1v) is 8.82. The number of hydrogen-bond donors (Lipinski definition) is 1. The highest BCUT2D eigenvalue weighted by molar-refractivity contribution is 6.30. The number of hydrogen-bond acceptors (Lipinski definition) is 2. The van der Waals surface area contributed by atoms with Gasteiger partial charge in [-0.1, -0.05) is 43.0 Å². The quantitative estimate of drug-likeness (QED) is 0.913. The van der Waals surface area contributed by atoms with Crippen molar-refractivity contribution >= 4 is 11.6 Å². The van der Waals surface area contributed by atoms with E-state index in [0.29, 0.717) is 12.0 Å². The van der Waals surface area contributed by atoms with E-state index in [1.807, 2.05) is 6.07 Å². The minimum Gasteiger partial charge on any atom is -0.327 e. The number of piperidine rings is 1. The number of likely N-dealkylation sites (tertiary alicyclic amines) is 1. The zero-order chi connectivity index (χ0) is 14.7. The van der Waals surface area contributed by atoms with E-state index in [1.54, 1.807) is 0 Å². The van der Waals surface area contributed by atoms with Gasteiger partial charge in [0.1, 0.15) is 0 Å². The molecular weight excluding hydrogens is 280 g/mol. The Balaban J connectivity index is 1.63. The first-order valence-electron chi connectivity index (χ1n) is 8.44. The average molecular weight is 307 g/mol. The lowest BCUT2D eigenvalue weighted by molar-refractivity contribution is 0.147. The van der Waals surface area contributed by atoms with Crippen LogP contribution in [0.25, 0.3) is 0 Å². The van der Waals surface area contributed by atoms with Gasteiger partial charge in [0.25, 0.3) is 0 Å². The lowest BCUT2D eigenvalue weighted by Crippen LogP contribution is -2.47. The Kier molecular flexibility index (Phi) is 5.20. The van der Waals surface area contributed by atoms with Crippen molar-refractivity contribution in [1.82, 2.24) is 4.90 Å². The molecule has 1 saturated carbocycles. The van der Waals surface area contributed by atoms with Crippen molar-refractivity contribution in [2.75, 3.05) is 19.6 Å². The van der Waals surface area contributed by atoms with Gasteiger partial charge in [-0.2, -0.15) is 0 Å². The molecule has 1 saturated heterocycles. The molecule has 0 amide bonds. The van der Waals surface area contributed by atoms with Crippen molar-refractivity contribution in [3.8, 4) is 0 Å². The molecular formula is C18H27ClN2. The molecule has 2 nitrogen and oxygen atoms in total. The maximum atomic E-state index is 6.32. The molecule has 116 valence electrons. The Bertz CT molecular complexity index is 456. The summed E-state index contributed by atoms with van der Waals surface area (Å²) in [6.07, 6.45) is 8.17. The maximum absolute atomic E-state index is 6.32. The third-order valence-electron chi connectivity index (χ3n) is 5.12. The monoisotopic (exact) mass is 306 g/mol. The lowest BCUT2D eigenvalue weighted by Gasteiger charge is -2.39. The van der Waals surface area contributed by atoms with Crippen molar-refractivity contribution in [3.05, 3.63) is 34.9 Å². The number of nitrogens with two attached hydrogens (primary N) is 1. The lowest BCUT2D eigenvalue weighted by atomic mass is 9.85. The van der Waals surface area contributed by atoms with E-state index in [2.05, 4.69) is 23.1 Å². The second kappa shape index (κ2) is 7.13. The van der Waals surface area contributed by atoms with Gasteiger partial charge in [-0.25, -0.2) is 0 Å². The minimum absolute atomic E-state index is 0.298. The van der Waals surface area contributed by atoms with Gasteiger partial charge < -0.3 is 10.6 Å². The minimum atomic E-state index is 0.298. The first kappa shape index (κ1) is 15.3. The summed E-state index contributed by atoms with van der Waals surface area (Å²) in [5.41, 5.74) is 7.67. The molecule has 1 aromatic rings. The van der Waals surface area contributed by atoms with Crippen LogP contribution in [0.3, 0.4) is 0 Å². The summed E-state index contributed by atoms with van der Waals surface area (Å²) in [4.78, 5) is 2.61. The largest absolute Gasteiger partial charge is 0.327 e. The zero-order valence-electron chi connectivity index (χ0n) is 12.8. The van der Waals surface area contributed by atoms with Crippen molar-refractivity contribution in [2.45, 2.75) is 50.5 Å². The molecule has 1 aliphatic carbocycles. The van der Waals surface area contributed by atoms with Gasteiger partial charge in [-0.05, 0) is 48.8 Å². The van der Waals surface area contributed by atoms with E-state index in [1.165, 1.54) is 44.2 Å². The van der Waals surface area contributed by atoms with Crippen LogP contribution in [0.4, 0.5) is 0 Å². The van der Waals surface area contributed by atoms with Gasteiger partial charge in [0.15, 0.2) is 0 Å². The standard InChI is InChI=1S/C18H27ClN2/c19-17-8-4-7-15(9-17)16-10-18(20)13-21(12-16)11-14-5-2-1-3-6-14/h4,7-9,14,16,18H,1-3,5-6,10-13,20H2. The highest BCUT2D eigenvalue weighted by Gasteiger charge is 2.28. The normalized spacial score (nSPS) is 28.7. The van der Waals surface area contributed by atoms with Gasteiger partial charge in [0.2, 0.25) is 0 Å². The Morgan fingerprint density at radius 2 is 1.95 bits per heavy atom. The summed E-state index contributed by atoms with van der Waals surface area (Å²) in [5, 5.41) is 0.838. The third-order valence-corrected chi connectivity index (χ3v) is 5.35. The smallest absolute Gasteiger partial charge is 0.0408 e. The number of benzene rings is 1. The molecule has 1 heterocycles. The van der Waals surface area contributed by atoms with Crippen LogP contribution >= 0.6 is 11.6 Å². The predicted molar refractivity (Wildman–Crippen MR) is 89.8 cm³/mol. The van der Waals surface area contributed by atoms with E-state index >= 15 is 0 Å². The van der Waals surface area contributed by atoms with Crippen LogP contribution in [0.1, 0.15) is 50.0 Å². The van der Waals surface area contributed by atoms with E-state index < -0.39 is 0 Å². The van der Waals surface area contributed by atoms with Gasteiger partial charge in [-0.15, -0.1) is 0 Å². The zero-order valence-corrected chi connectivity index (χ0v) is 13.6. The first-order chi connectivity index (χ1) is 10.2. The van der Waals surface area contributed by atoms with Gasteiger partial charge in [-0.3, -0.25) is 0 Å². The van der Waals surface area contributed by atoms with E-state index in [0.717, 1.165) is 30.5 Å². The van der Waals surface area contributed by atoms with Gasteiger partial charge >= 0.3 is 0 Å². The predicted octanol–water partition coefficient (Wildman–Crippen LogP) is 4.04.